The minimum atomic E-state index is -0.772. The molecular formula is C29H28N8O3. The van der Waals surface area contributed by atoms with Gasteiger partial charge in [0, 0.05) is 18.7 Å². The molecule has 2 bridgehead atoms. The van der Waals surface area contributed by atoms with E-state index in [1.807, 2.05) is 17.2 Å². The van der Waals surface area contributed by atoms with Crippen LogP contribution in [0.1, 0.15) is 31.2 Å². The van der Waals surface area contributed by atoms with E-state index in [9.17, 15) is 15.3 Å². The molecule has 4 atom stereocenters. The first-order valence-electron chi connectivity index (χ1n) is 14.0. The van der Waals surface area contributed by atoms with Gasteiger partial charge >= 0.3 is 0 Å². The quantitative estimate of drug-likeness (QED) is 0.446. The van der Waals surface area contributed by atoms with Gasteiger partial charge in [0.05, 0.1) is 79.5 Å². The molecule has 11 heteroatoms. The maximum atomic E-state index is 12.9. The van der Waals surface area contributed by atoms with E-state index in [1.165, 1.54) is 0 Å². The van der Waals surface area contributed by atoms with Crippen molar-refractivity contribution in [2.24, 2.45) is 23.2 Å². The molecule has 0 N–H and O–H groups in total. The lowest BCUT2D eigenvalue weighted by atomic mass is 9.85. The van der Waals surface area contributed by atoms with Crippen molar-refractivity contribution in [3.05, 3.63) is 36.4 Å². The van der Waals surface area contributed by atoms with Gasteiger partial charge < -0.3 is 19.3 Å². The van der Waals surface area contributed by atoms with E-state index >= 15 is 0 Å². The number of pyridine rings is 1. The lowest BCUT2D eigenvalue weighted by molar-refractivity contribution is -0.150. The molecule has 202 valence electrons. The highest BCUT2D eigenvalue weighted by Crippen LogP contribution is 2.52. The maximum Gasteiger partial charge on any atom is 0.243 e. The molecule has 11 nitrogen and oxygen atoms in total. The number of carbonyl (C=O) groups excluding carboxylic acids is 1. The highest BCUT2D eigenvalue weighted by atomic mass is 16.5. The number of piperazine rings is 1. The molecular weight excluding hydrogens is 508 g/mol. The van der Waals surface area contributed by atoms with E-state index in [0.717, 1.165) is 37.4 Å². The molecule has 2 saturated carbocycles. The molecule has 1 amide bonds. The van der Waals surface area contributed by atoms with Crippen LogP contribution in [-0.2, 0) is 9.53 Å². The van der Waals surface area contributed by atoms with E-state index in [1.54, 1.807) is 23.1 Å². The van der Waals surface area contributed by atoms with Gasteiger partial charge in [-0.05, 0) is 49.5 Å². The minimum Gasteiger partial charge on any atom is -0.492 e. The Kier molecular flexibility index (Phi) is 5.11. The molecule has 40 heavy (non-hydrogen) atoms. The van der Waals surface area contributed by atoms with Gasteiger partial charge in [0.1, 0.15) is 23.1 Å². The Morgan fingerprint density at radius 1 is 1.12 bits per heavy atom. The highest BCUT2D eigenvalue weighted by Gasteiger charge is 2.59. The second kappa shape index (κ2) is 8.64. The topological polar surface area (TPSA) is 133 Å². The van der Waals surface area contributed by atoms with Crippen molar-refractivity contribution < 1.29 is 14.3 Å². The van der Waals surface area contributed by atoms with Gasteiger partial charge in [-0.2, -0.15) is 15.6 Å². The Labute approximate surface area is 230 Å². The average molecular weight is 537 g/mol. The van der Waals surface area contributed by atoms with E-state index in [2.05, 4.69) is 22.1 Å². The molecule has 6 fully saturated rings. The monoisotopic (exact) mass is 536 g/mol. The van der Waals surface area contributed by atoms with Crippen molar-refractivity contribution >= 4 is 17.2 Å². The minimum absolute atomic E-state index is 0.00607. The number of carbonyl (C=O) groups is 1. The zero-order valence-electron chi connectivity index (χ0n) is 21.9. The zero-order valence-corrected chi connectivity index (χ0v) is 21.9. The summed E-state index contributed by atoms with van der Waals surface area (Å²) in [6.45, 7) is 3.73. The molecule has 0 aromatic carbocycles. The summed E-state index contributed by atoms with van der Waals surface area (Å²) in [6.07, 6.45) is 10.2. The lowest BCUT2D eigenvalue weighted by Gasteiger charge is -2.57. The van der Waals surface area contributed by atoms with E-state index < -0.39 is 5.41 Å². The van der Waals surface area contributed by atoms with Crippen LogP contribution in [0.5, 0.6) is 5.75 Å². The summed E-state index contributed by atoms with van der Waals surface area (Å²) in [5.74, 6) is 3.52. The lowest BCUT2D eigenvalue weighted by Crippen LogP contribution is -2.71. The normalized spacial score (nSPS) is 28.8. The first-order valence-corrected chi connectivity index (χ1v) is 14.0. The van der Waals surface area contributed by atoms with Crippen LogP contribution in [0.15, 0.2) is 30.9 Å². The van der Waals surface area contributed by atoms with E-state index in [0.29, 0.717) is 72.8 Å². The van der Waals surface area contributed by atoms with Crippen molar-refractivity contribution in [2.75, 3.05) is 37.8 Å². The number of amides is 1. The Bertz CT molecular complexity index is 1580. The van der Waals surface area contributed by atoms with Crippen LogP contribution in [0.4, 0.5) is 5.82 Å². The van der Waals surface area contributed by atoms with Crippen molar-refractivity contribution in [3.8, 4) is 29.1 Å². The van der Waals surface area contributed by atoms with Gasteiger partial charge in [-0.1, -0.05) is 0 Å². The van der Waals surface area contributed by atoms with Gasteiger partial charge in [0.25, 0.3) is 0 Å². The highest BCUT2D eigenvalue weighted by molar-refractivity contribution is 5.90. The average Bonchev–Trinajstić information content (AvgIpc) is 3.79. The number of hydrogen-bond donors (Lipinski definition) is 0. The second-order valence-corrected chi connectivity index (χ2v) is 11.8. The van der Waals surface area contributed by atoms with Crippen molar-refractivity contribution in [3.63, 3.8) is 0 Å². The number of anilines is 1. The van der Waals surface area contributed by atoms with Crippen molar-refractivity contribution in [1.82, 2.24) is 24.5 Å². The SMILES string of the molecule is N#Cc1cnn2cc(OCCC3C4COCC34)cc(-c3cnc(N4CC5CC(C4)N5C(=O)C4(C#N)CC4)cn3)c12. The molecule has 4 aliphatic heterocycles. The summed E-state index contributed by atoms with van der Waals surface area (Å²) in [5, 5.41) is 23.5. The van der Waals surface area contributed by atoms with E-state index in [4.69, 9.17) is 19.4 Å². The third-order valence-corrected chi connectivity index (χ3v) is 9.60. The van der Waals surface area contributed by atoms with Crippen LogP contribution in [0.25, 0.3) is 16.8 Å². The first kappa shape index (κ1) is 23.6. The third kappa shape index (κ3) is 3.57. The summed E-state index contributed by atoms with van der Waals surface area (Å²) in [5.41, 5.74) is 1.74. The second-order valence-electron chi connectivity index (χ2n) is 11.8. The van der Waals surface area contributed by atoms with Gasteiger partial charge in [-0.25, -0.2) is 9.50 Å². The summed E-state index contributed by atoms with van der Waals surface area (Å²) >= 11 is 0. The molecule has 3 aromatic rings. The number of piperidine rings is 1. The van der Waals surface area contributed by atoms with Crippen LogP contribution in [-0.4, -0.2) is 75.4 Å². The number of nitriles is 2. The van der Waals surface area contributed by atoms with Crippen LogP contribution < -0.4 is 9.64 Å². The van der Waals surface area contributed by atoms with Gasteiger partial charge in [0.15, 0.2) is 0 Å². The van der Waals surface area contributed by atoms with E-state index in [-0.39, 0.29) is 18.0 Å². The molecule has 9 rings (SSSR count). The van der Waals surface area contributed by atoms with Crippen molar-refractivity contribution in [1.29, 1.82) is 10.5 Å². The molecule has 6 aliphatic rings. The standard InChI is InChI=1S/C29H28N8O3/c30-7-17-8-34-36-13-20(40-4-1-21-23-14-39-15-24(21)23)6-22(27(17)36)25-9-33-26(10-32-25)35-11-18-5-19(12-35)37(18)28(38)29(16-31)2-3-29/h6,8-10,13,18-19,21,23-24H,1-5,11-12,14-15H2. The maximum absolute atomic E-state index is 12.9. The van der Waals surface area contributed by atoms with Crippen LogP contribution in [0.3, 0.4) is 0 Å². The van der Waals surface area contributed by atoms with Gasteiger partial charge in [-0.3, -0.25) is 9.78 Å². The smallest absolute Gasteiger partial charge is 0.243 e. The number of ether oxygens (including phenoxy) is 2. The third-order valence-electron chi connectivity index (χ3n) is 9.60. The molecule has 2 aliphatic carbocycles. The number of nitrogens with zero attached hydrogens (tertiary/aromatic N) is 8. The largest absolute Gasteiger partial charge is 0.492 e. The molecule has 0 spiro atoms. The Morgan fingerprint density at radius 3 is 2.60 bits per heavy atom. The van der Waals surface area contributed by atoms with Crippen LogP contribution >= 0.6 is 0 Å². The molecule has 4 unspecified atom stereocenters. The molecule has 0 radical (unpaired) electrons. The van der Waals surface area contributed by atoms with Gasteiger partial charge in [0.2, 0.25) is 5.91 Å². The number of fused-ring (bicyclic) bond motifs is 4. The fourth-order valence-corrected chi connectivity index (χ4v) is 7.05. The Morgan fingerprint density at radius 2 is 1.93 bits per heavy atom. The zero-order chi connectivity index (χ0) is 27.0. The number of rotatable bonds is 7. The molecule has 7 heterocycles. The number of aromatic nitrogens is 4. The van der Waals surface area contributed by atoms with Gasteiger partial charge in [-0.15, -0.1) is 0 Å². The molecule has 3 aromatic heterocycles. The van der Waals surface area contributed by atoms with Crippen molar-refractivity contribution in [2.45, 2.75) is 37.8 Å². The summed E-state index contributed by atoms with van der Waals surface area (Å²) in [6, 6.07) is 6.61. The summed E-state index contributed by atoms with van der Waals surface area (Å²) < 4.78 is 13.3. The fourth-order valence-electron chi connectivity index (χ4n) is 7.05. The molecule has 4 saturated heterocycles. The van der Waals surface area contributed by atoms with Crippen LogP contribution in [0, 0.1) is 45.8 Å². The summed E-state index contributed by atoms with van der Waals surface area (Å²) in [4.78, 5) is 26.5. The Balaban J connectivity index is 0.998. The fraction of sp³-hybridized carbons (Fsp3) is 0.517. The predicted molar refractivity (Wildman–Crippen MR) is 141 cm³/mol. The van der Waals surface area contributed by atoms with Crippen LogP contribution in [0.2, 0.25) is 0 Å². The predicted octanol–water partition coefficient (Wildman–Crippen LogP) is 2.42. The summed E-state index contributed by atoms with van der Waals surface area (Å²) in [7, 11) is 0. The first-order chi connectivity index (χ1) is 19.6. The number of hydrogen-bond acceptors (Lipinski definition) is 9. The Hall–Kier alpha value is -4.22.